The van der Waals surface area contributed by atoms with Crippen molar-refractivity contribution >= 4 is 35.0 Å². The number of methoxy groups -OCH3 is 2. The van der Waals surface area contributed by atoms with E-state index >= 15 is 0 Å². The Hall–Kier alpha value is -5.84. The fourth-order valence-corrected chi connectivity index (χ4v) is 7.80. The molecule has 2 saturated heterocycles. The highest BCUT2D eigenvalue weighted by molar-refractivity contribution is 5.87. The highest BCUT2D eigenvalue weighted by Gasteiger charge is 2.55. The van der Waals surface area contributed by atoms with Crippen molar-refractivity contribution < 1.29 is 28.7 Å². The number of carbonyl (C=O) groups is 4. The second-order valence-corrected chi connectivity index (χ2v) is 15.2. The maximum absolute atomic E-state index is 13.8. The molecule has 1 saturated carbocycles. The average molecular weight is 749 g/mol. The first-order valence-electron chi connectivity index (χ1n) is 19.0. The van der Waals surface area contributed by atoms with Crippen LogP contribution in [0.4, 0.5) is 9.59 Å². The predicted octanol–water partition coefficient (Wildman–Crippen LogP) is 5.59. The quantitative estimate of drug-likeness (QED) is 0.160. The Labute approximate surface area is 320 Å². The second-order valence-electron chi connectivity index (χ2n) is 15.2. The van der Waals surface area contributed by atoms with E-state index in [4.69, 9.17) is 14.5 Å². The smallest absolute Gasteiger partial charge is 0.407 e. The highest BCUT2D eigenvalue weighted by Crippen LogP contribution is 2.58. The van der Waals surface area contributed by atoms with E-state index in [0.717, 1.165) is 71.3 Å². The number of alkyl carbamates (subject to hydrolysis) is 2. The zero-order valence-electron chi connectivity index (χ0n) is 31.9. The van der Waals surface area contributed by atoms with Crippen LogP contribution < -0.4 is 10.6 Å². The molecule has 4 N–H and O–H groups in total. The number of fused-ring (bicyclic) bond motifs is 1. The largest absolute Gasteiger partial charge is 0.453 e. The molecule has 4 heterocycles. The van der Waals surface area contributed by atoms with E-state index in [0.29, 0.717) is 25.3 Å². The van der Waals surface area contributed by atoms with Crippen LogP contribution in [0.1, 0.15) is 94.2 Å². The molecular weight excluding hydrogens is 701 g/mol. The minimum atomic E-state index is -0.695. The molecule has 55 heavy (non-hydrogen) atoms. The van der Waals surface area contributed by atoms with Gasteiger partial charge in [-0.2, -0.15) is 0 Å². The summed E-state index contributed by atoms with van der Waals surface area (Å²) >= 11 is 0. The van der Waals surface area contributed by atoms with Gasteiger partial charge in [-0.15, -0.1) is 0 Å². The van der Waals surface area contributed by atoms with Crippen molar-refractivity contribution in [3.05, 3.63) is 71.4 Å². The molecule has 288 valence electrons. The van der Waals surface area contributed by atoms with Gasteiger partial charge in [0.15, 0.2) is 0 Å². The van der Waals surface area contributed by atoms with Gasteiger partial charge in [-0.3, -0.25) is 9.59 Å². The van der Waals surface area contributed by atoms with Gasteiger partial charge in [-0.05, 0) is 85.8 Å². The van der Waals surface area contributed by atoms with Gasteiger partial charge in [0.1, 0.15) is 23.7 Å². The van der Waals surface area contributed by atoms with Crippen molar-refractivity contribution in [2.45, 2.75) is 83.5 Å². The standard InChI is InChI=1S/C41H48N8O6/c1-6-28(46-39(52)54-4)37(50)48-19-7-8-32(48)35-42-22-31(45-35)27-14-11-25(12-15-27)9-10-26-13-16-29-30(20-26)44-36(43-29)33-21-41(17-18-41)23-49(33)38(51)34(24(2)3)47-40(53)55-5/h11-16,20,22,24,28,32-34H,6-8,17-19,21,23H2,1-5H3,(H,42,45)(H,43,44)(H,46,52)(H,47,53)/t28-,32-,33-,34-/m0/s1. The fourth-order valence-electron chi connectivity index (χ4n) is 7.80. The number of hydrogen-bond acceptors (Lipinski definition) is 8. The van der Waals surface area contributed by atoms with Crippen LogP contribution in [-0.2, 0) is 19.1 Å². The van der Waals surface area contributed by atoms with Gasteiger partial charge in [0.2, 0.25) is 11.8 Å². The lowest BCUT2D eigenvalue weighted by Gasteiger charge is -2.30. The number of amides is 4. The summed E-state index contributed by atoms with van der Waals surface area (Å²) in [7, 11) is 2.58. The molecule has 4 aromatic rings. The molecule has 3 fully saturated rings. The van der Waals surface area contributed by atoms with Crippen LogP contribution in [-0.4, -0.2) is 93.1 Å². The molecule has 2 aliphatic heterocycles. The van der Waals surface area contributed by atoms with E-state index in [9.17, 15) is 19.2 Å². The Morgan fingerprint density at radius 2 is 1.62 bits per heavy atom. The van der Waals surface area contributed by atoms with Crippen molar-refractivity contribution in [2.75, 3.05) is 27.3 Å². The molecule has 14 heteroatoms. The molecule has 0 unspecified atom stereocenters. The van der Waals surface area contributed by atoms with Crippen molar-refractivity contribution in [1.82, 2.24) is 40.4 Å². The monoisotopic (exact) mass is 748 g/mol. The van der Waals surface area contributed by atoms with E-state index in [1.54, 1.807) is 11.1 Å². The molecule has 1 aliphatic carbocycles. The van der Waals surface area contributed by atoms with Gasteiger partial charge in [-0.1, -0.05) is 44.7 Å². The summed E-state index contributed by atoms with van der Waals surface area (Å²) in [6.07, 6.45) is 5.60. The van der Waals surface area contributed by atoms with Crippen LogP contribution in [0.25, 0.3) is 22.3 Å². The number of imidazole rings is 2. The zero-order valence-corrected chi connectivity index (χ0v) is 31.9. The third kappa shape index (κ3) is 7.87. The van der Waals surface area contributed by atoms with Crippen LogP contribution in [0.15, 0.2) is 48.7 Å². The molecule has 4 amide bonds. The first-order chi connectivity index (χ1) is 26.5. The van der Waals surface area contributed by atoms with Gasteiger partial charge in [0.25, 0.3) is 0 Å². The van der Waals surface area contributed by atoms with Crippen LogP contribution in [0, 0.1) is 23.2 Å². The second kappa shape index (κ2) is 15.5. The highest BCUT2D eigenvalue weighted by atomic mass is 16.5. The molecule has 2 aromatic heterocycles. The summed E-state index contributed by atoms with van der Waals surface area (Å²) in [6, 6.07) is 12.0. The third-order valence-electron chi connectivity index (χ3n) is 11.1. The first-order valence-corrected chi connectivity index (χ1v) is 19.0. The number of ether oxygens (including phenoxy) is 2. The maximum Gasteiger partial charge on any atom is 0.407 e. The number of likely N-dealkylation sites (tertiary alicyclic amines) is 2. The first kappa shape index (κ1) is 37.5. The number of aromatic amines is 2. The molecule has 2 aromatic carbocycles. The molecule has 3 aliphatic rings. The number of carbonyl (C=O) groups excluding carboxylic acids is 4. The van der Waals surface area contributed by atoms with Crippen molar-refractivity contribution in [1.29, 1.82) is 0 Å². The van der Waals surface area contributed by atoms with Gasteiger partial charge in [0, 0.05) is 24.2 Å². The lowest BCUT2D eigenvalue weighted by Crippen LogP contribution is -2.51. The van der Waals surface area contributed by atoms with E-state index in [1.165, 1.54) is 14.2 Å². The molecule has 0 bridgehead atoms. The van der Waals surface area contributed by atoms with Gasteiger partial charge in [0.05, 0.1) is 49.2 Å². The third-order valence-corrected chi connectivity index (χ3v) is 11.1. The van der Waals surface area contributed by atoms with E-state index < -0.39 is 24.3 Å². The Kier molecular flexibility index (Phi) is 10.6. The van der Waals surface area contributed by atoms with Crippen LogP contribution >= 0.6 is 0 Å². The number of rotatable bonds is 9. The predicted molar refractivity (Wildman–Crippen MR) is 204 cm³/mol. The van der Waals surface area contributed by atoms with Crippen LogP contribution in [0.5, 0.6) is 0 Å². The van der Waals surface area contributed by atoms with Gasteiger partial charge in [-0.25, -0.2) is 19.6 Å². The Morgan fingerprint density at radius 3 is 2.31 bits per heavy atom. The molecule has 0 radical (unpaired) electrons. The Morgan fingerprint density at radius 1 is 0.909 bits per heavy atom. The summed E-state index contributed by atoms with van der Waals surface area (Å²) in [5, 5.41) is 5.37. The maximum atomic E-state index is 13.8. The van der Waals surface area contributed by atoms with Crippen LogP contribution in [0.2, 0.25) is 0 Å². The molecule has 7 rings (SSSR count). The van der Waals surface area contributed by atoms with Crippen molar-refractivity contribution in [3.63, 3.8) is 0 Å². The van der Waals surface area contributed by atoms with Gasteiger partial charge < -0.3 is 39.9 Å². The minimum absolute atomic E-state index is 0.111. The normalized spacial score (nSPS) is 19.5. The van der Waals surface area contributed by atoms with E-state index in [2.05, 4.69) is 37.4 Å². The van der Waals surface area contributed by atoms with Crippen molar-refractivity contribution in [2.24, 2.45) is 11.3 Å². The number of nitrogens with zero attached hydrogens (tertiary/aromatic N) is 4. The summed E-state index contributed by atoms with van der Waals surface area (Å²) in [5.41, 5.74) is 5.21. The number of nitrogens with one attached hydrogen (secondary N) is 4. The Bertz CT molecular complexity index is 2140. The van der Waals surface area contributed by atoms with Crippen molar-refractivity contribution in [3.8, 4) is 23.1 Å². The Balaban J connectivity index is 1.03. The SMILES string of the molecule is CC[C@H](NC(=O)OC)C(=O)N1CCC[C@H]1c1ncc(-c2ccc(C#Cc3ccc4nc([C@@H]5CC6(CC6)CN5C(=O)[C@@H](NC(=O)OC)C(C)C)[nH]c4c3)cc2)[nH]1. The number of hydrogen-bond donors (Lipinski definition) is 4. The number of benzene rings is 2. The number of aromatic nitrogens is 4. The van der Waals surface area contributed by atoms with Crippen LogP contribution in [0.3, 0.4) is 0 Å². The lowest BCUT2D eigenvalue weighted by molar-refractivity contribution is -0.136. The van der Waals surface area contributed by atoms with E-state index in [1.807, 2.05) is 68.1 Å². The summed E-state index contributed by atoms with van der Waals surface area (Å²) < 4.78 is 9.50. The number of H-pyrrole nitrogens is 2. The minimum Gasteiger partial charge on any atom is -0.453 e. The molecule has 14 nitrogen and oxygen atoms in total. The summed E-state index contributed by atoms with van der Waals surface area (Å²) in [5.74, 6) is 7.61. The molecule has 1 spiro atoms. The topological polar surface area (TPSA) is 175 Å². The summed E-state index contributed by atoms with van der Waals surface area (Å²) in [4.78, 5) is 71.1. The lowest BCUT2D eigenvalue weighted by atomic mass is 10.0. The molecular formula is C41H48N8O6. The van der Waals surface area contributed by atoms with Gasteiger partial charge >= 0.3 is 12.2 Å². The zero-order chi connectivity index (χ0) is 38.9. The average Bonchev–Trinajstić information content (AvgIpc) is 3.68. The fraction of sp³-hybridized carbons (Fsp3) is 0.463. The molecule has 4 atom stereocenters. The summed E-state index contributed by atoms with van der Waals surface area (Å²) in [6.45, 7) is 6.93. The van der Waals surface area contributed by atoms with E-state index in [-0.39, 0.29) is 35.2 Å².